The van der Waals surface area contributed by atoms with Gasteiger partial charge >= 0.3 is 11.9 Å². The van der Waals surface area contributed by atoms with Gasteiger partial charge in [-0.1, -0.05) is 19.9 Å². The quantitative estimate of drug-likeness (QED) is 0.601. The molecule has 6 heteroatoms. The van der Waals surface area contributed by atoms with E-state index < -0.39 is 35.3 Å². The van der Waals surface area contributed by atoms with E-state index in [-0.39, 0.29) is 11.8 Å². The Kier molecular flexibility index (Phi) is 5.02. The minimum absolute atomic E-state index is 0.0852. The summed E-state index contributed by atoms with van der Waals surface area (Å²) in [4.78, 5) is 25.1. The number of aliphatic hydroxyl groups excluding tert-OH is 1. The lowest BCUT2D eigenvalue weighted by Gasteiger charge is -2.58. The summed E-state index contributed by atoms with van der Waals surface area (Å²) in [5, 5.41) is 10.6. The summed E-state index contributed by atoms with van der Waals surface area (Å²) in [5.41, 5.74) is 0.997. The van der Waals surface area contributed by atoms with E-state index in [1.807, 2.05) is 6.92 Å². The van der Waals surface area contributed by atoms with Crippen LogP contribution >= 0.6 is 0 Å². The molecule has 6 atom stereocenters. The van der Waals surface area contributed by atoms with E-state index in [1.54, 1.807) is 26.8 Å². The third kappa shape index (κ3) is 2.76. The van der Waals surface area contributed by atoms with E-state index >= 15 is 0 Å². The Hall–Kier alpha value is -1.66. The molecule has 0 aromatic rings. The van der Waals surface area contributed by atoms with Gasteiger partial charge in [0.2, 0.25) is 5.79 Å². The molecule has 6 nitrogen and oxygen atoms in total. The number of carbonyl (C=O) groups is 2. The molecule has 2 aliphatic carbocycles. The molecular formula is C21H30O6. The van der Waals surface area contributed by atoms with Crippen LogP contribution in [0.15, 0.2) is 22.8 Å². The number of allylic oxidation sites excluding steroid dienone is 1. The molecule has 27 heavy (non-hydrogen) atoms. The summed E-state index contributed by atoms with van der Waals surface area (Å²) in [6, 6.07) is 0. The second-order valence-corrected chi connectivity index (χ2v) is 8.34. The Labute approximate surface area is 160 Å². The van der Waals surface area contributed by atoms with Gasteiger partial charge in [0, 0.05) is 30.1 Å². The summed E-state index contributed by atoms with van der Waals surface area (Å²) >= 11 is 0. The molecule has 1 aliphatic heterocycles. The van der Waals surface area contributed by atoms with Gasteiger partial charge in [-0.05, 0) is 45.4 Å². The van der Waals surface area contributed by atoms with Crippen molar-refractivity contribution in [2.24, 2.45) is 17.3 Å². The predicted molar refractivity (Wildman–Crippen MR) is 98.5 cm³/mol. The van der Waals surface area contributed by atoms with E-state index in [4.69, 9.17) is 14.2 Å². The van der Waals surface area contributed by atoms with Crippen molar-refractivity contribution in [2.45, 2.75) is 71.9 Å². The molecule has 2 fully saturated rings. The zero-order chi connectivity index (χ0) is 20.1. The van der Waals surface area contributed by atoms with Crippen LogP contribution in [-0.4, -0.2) is 42.1 Å². The number of fused-ring (bicyclic) bond motifs is 2. The Morgan fingerprint density at radius 1 is 1.37 bits per heavy atom. The second-order valence-electron chi connectivity index (χ2n) is 8.34. The Balaban J connectivity index is 2.16. The number of methoxy groups -OCH3 is 1. The Bertz CT molecular complexity index is 722. The summed E-state index contributed by atoms with van der Waals surface area (Å²) in [7, 11) is 1.52. The monoisotopic (exact) mass is 378 g/mol. The van der Waals surface area contributed by atoms with Crippen molar-refractivity contribution in [3.63, 3.8) is 0 Å². The minimum atomic E-state index is -1.19. The van der Waals surface area contributed by atoms with Crippen LogP contribution in [-0.2, 0) is 23.8 Å². The van der Waals surface area contributed by atoms with Crippen molar-refractivity contribution < 1.29 is 28.9 Å². The maximum absolute atomic E-state index is 12.7. The first-order valence-corrected chi connectivity index (χ1v) is 9.64. The van der Waals surface area contributed by atoms with Crippen molar-refractivity contribution in [2.75, 3.05) is 7.11 Å². The number of aliphatic hydroxyl groups is 1. The van der Waals surface area contributed by atoms with Gasteiger partial charge in [0.15, 0.2) is 0 Å². The summed E-state index contributed by atoms with van der Waals surface area (Å²) < 4.78 is 17.4. The fourth-order valence-corrected chi connectivity index (χ4v) is 5.09. The first-order valence-electron chi connectivity index (χ1n) is 9.64. The lowest BCUT2D eigenvalue weighted by atomic mass is 9.51. The van der Waals surface area contributed by atoms with Crippen molar-refractivity contribution >= 4 is 11.9 Å². The molecule has 6 unspecified atom stereocenters. The number of ether oxygens (including phenoxy) is 3. The van der Waals surface area contributed by atoms with E-state index in [9.17, 15) is 14.7 Å². The van der Waals surface area contributed by atoms with Crippen LogP contribution in [0.4, 0.5) is 0 Å². The van der Waals surface area contributed by atoms with Crippen molar-refractivity contribution in [1.82, 2.24) is 0 Å². The maximum Gasteiger partial charge on any atom is 0.336 e. The normalized spacial score (nSPS) is 41.7. The van der Waals surface area contributed by atoms with E-state index in [0.717, 1.165) is 6.42 Å². The molecule has 0 aromatic carbocycles. The molecule has 150 valence electrons. The summed E-state index contributed by atoms with van der Waals surface area (Å²) in [6.07, 6.45) is 2.45. The molecule has 0 amide bonds. The zero-order valence-corrected chi connectivity index (χ0v) is 17.0. The highest BCUT2D eigenvalue weighted by Crippen LogP contribution is 2.61. The van der Waals surface area contributed by atoms with Gasteiger partial charge in [-0.3, -0.25) is 0 Å². The van der Waals surface area contributed by atoms with Crippen molar-refractivity contribution in [3.8, 4) is 0 Å². The van der Waals surface area contributed by atoms with E-state index in [2.05, 4.69) is 6.92 Å². The van der Waals surface area contributed by atoms with Gasteiger partial charge in [-0.25, -0.2) is 9.59 Å². The largest absolute Gasteiger partial charge is 0.454 e. The molecule has 1 N–H and O–H groups in total. The van der Waals surface area contributed by atoms with Gasteiger partial charge in [0.1, 0.15) is 6.10 Å². The van der Waals surface area contributed by atoms with Crippen LogP contribution in [0.1, 0.15) is 53.9 Å². The average molecular weight is 378 g/mol. The van der Waals surface area contributed by atoms with Crippen LogP contribution in [0.25, 0.3) is 0 Å². The maximum atomic E-state index is 12.7. The SMILES string of the molecule is C/C=C(\C)C(=O)OC1C2=C(C)C(=O)OC2(OC)CC2CCC(O)C(C)C21C. The van der Waals surface area contributed by atoms with Gasteiger partial charge in [0.25, 0.3) is 0 Å². The predicted octanol–water partition coefficient (Wildman–Crippen LogP) is 2.90. The van der Waals surface area contributed by atoms with Crippen LogP contribution in [0.3, 0.4) is 0 Å². The van der Waals surface area contributed by atoms with Crippen molar-refractivity contribution in [1.29, 1.82) is 0 Å². The van der Waals surface area contributed by atoms with Gasteiger partial charge in [-0.15, -0.1) is 0 Å². The van der Waals surface area contributed by atoms with Gasteiger partial charge in [0.05, 0.1) is 11.7 Å². The smallest absolute Gasteiger partial charge is 0.336 e. The summed E-state index contributed by atoms with van der Waals surface area (Å²) in [5.74, 6) is -2.08. The average Bonchev–Trinajstić information content (AvgIpc) is 2.90. The highest BCUT2D eigenvalue weighted by molar-refractivity contribution is 5.93. The molecule has 2 saturated carbocycles. The van der Waals surface area contributed by atoms with Crippen LogP contribution in [0.5, 0.6) is 0 Å². The summed E-state index contributed by atoms with van der Waals surface area (Å²) in [6.45, 7) is 9.21. The molecule has 0 spiro atoms. The Morgan fingerprint density at radius 3 is 2.63 bits per heavy atom. The van der Waals surface area contributed by atoms with E-state index in [1.165, 1.54) is 7.11 Å². The van der Waals surface area contributed by atoms with E-state index in [0.29, 0.717) is 29.6 Å². The minimum Gasteiger partial charge on any atom is -0.454 e. The molecule has 0 bridgehead atoms. The fraction of sp³-hybridized carbons (Fsp3) is 0.714. The first kappa shape index (κ1) is 20.1. The molecule has 3 rings (SSSR count). The lowest BCUT2D eigenvalue weighted by Crippen LogP contribution is -2.62. The highest BCUT2D eigenvalue weighted by Gasteiger charge is 2.66. The van der Waals surface area contributed by atoms with Crippen molar-refractivity contribution in [3.05, 3.63) is 22.8 Å². The second kappa shape index (κ2) is 6.74. The number of rotatable bonds is 3. The molecule has 1 heterocycles. The molecule has 0 saturated heterocycles. The number of esters is 2. The van der Waals surface area contributed by atoms with Crippen LogP contribution in [0.2, 0.25) is 0 Å². The molecule has 0 aromatic heterocycles. The van der Waals surface area contributed by atoms with Crippen LogP contribution < -0.4 is 0 Å². The fourth-order valence-electron chi connectivity index (χ4n) is 5.09. The third-order valence-electron chi connectivity index (χ3n) is 7.28. The number of hydrogen-bond donors (Lipinski definition) is 1. The standard InChI is InChI=1S/C21H30O6/c1-7-11(2)18(23)26-17-16-12(3)19(24)27-21(16,25-6)10-14-8-9-15(22)13(4)20(14,17)5/h7,13-15,17,22H,8-10H2,1-6H3/b11-7+. The van der Waals surface area contributed by atoms with Gasteiger partial charge < -0.3 is 19.3 Å². The number of hydrogen-bond acceptors (Lipinski definition) is 6. The number of carbonyl (C=O) groups excluding carboxylic acids is 2. The zero-order valence-electron chi connectivity index (χ0n) is 17.0. The van der Waals surface area contributed by atoms with Crippen LogP contribution in [0, 0.1) is 17.3 Å². The molecule has 3 aliphatic rings. The Morgan fingerprint density at radius 2 is 2.04 bits per heavy atom. The lowest BCUT2D eigenvalue weighted by molar-refractivity contribution is -0.242. The van der Waals surface area contributed by atoms with Gasteiger partial charge in [-0.2, -0.15) is 0 Å². The molecular weight excluding hydrogens is 348 g/mol. The highest BCUT2D eigenvalue weighted by atomic mass is 16.7. The third-order valence-corrected chi connectivity index (χ3v) is 7.28. The molecule has 0 radical (unpaired) electrons. The first-order chi connectivity index (χ1) is 12.6. The topological polar surface area (TPSA) is 82.1 Å².